The number of nitrogens with zero attached hydrogens (tertiary/aromatic N) is 3. The van der Waals surface area contributed by atoms with Crippen LogP contribution in [0.15, 0.2) is 46.5 Å². The highest BCUT2D eigenvalue weighted by atomic mass is 32.2. The number of sulfonamides is 1. The van der Waals surface area contributed by atoms with Gasteiger partial charge in [-0.15, -0.1) is 0 Å². The first-order chi connectivity index (χ1) is 15.0. The molecule has 1 fully saturated rings. The van der Waals surface area contributed by atoms with E-state index in [1.165, 1.54) is 10.5 Å². The van der Waals surface area contributed by atoms with E-state index in [1.807, 2.05) is 18.2 Å². The average Bonchev–Trinajstić information content (AvgIpc) is 2.81. The highest BCUT2D eigenvalue weighted by Gasteiger charge is 2.26. The molecule has 1 aliphatic rings. The number of anilines is 1. The van der Waals surface area contributed by atoms with Crippen molar-refractivity contribution < 1.29 is 17.9 Å². The van der Waals surface area contributed by atoms with Crippen molar-refractivity contribution in [3.8, 4) is 11.5 Å². The summed E-state index contributed by atoms with van der Waals surface area (Å²) in [6.07, 6.45) is 7.94. The Hall–Kier alpha value is -2.65. The van der Waals surface area contributed by atoms with Gasteiger partial charge < -0.3 is 9.47 Å². The van der Waals surface area contributed by atoms with E-state index in [2.05, 4.69) is 22.4 Å². The number of ether oxygens (including phenoxy) is 2. The number of rotatable bonds is 10. The van der Waals surface area contributed by atoms with E-state index in [-0.39, 0.29) is 4.90 Å². The maximum absolute atomic E-state index is 12.7. The first-order valence-corrected chi connectivity index (χ1v) is 12.0. The van der Waals surface area contributed by atoms with Crippen molar-refractivity contribution in [3.05, 3.63) is 42.1 Å². The van der Waals surface area contributed by atoms with Gasteiger partial charge in [0.1, 0.15) is 10.7 Å². The summed E-state index contributed by atoms with van der Waals surface area (Å²) in [6.45, 7) is 3.90. The van der Waals surface area contributed by atoms with Gasteiger partial charge in [0.25, 0.3) is 0 Å². The van der Waals surface area contributed by atoms with Gasteiger partial charge in [0.05, 0.1) is 19.9 Å². The topological polar surface area (TPSA) is 93.1 Å². The molecule has 1 saturated heterocycles. The van der Waals surface area contributed by atoms with Gasteiger partial charge in [-0.1, -0.05) is 19.8 Å². The zero-order chi connectivity index (χ0) is 22.1. The zero-order valence-electron chi connectivity index (χ0n) is 18.1. The molecule has 2 heterocycles. The summed E-state index contributed by atoms with van der Waals surface area (Å²) in [5.74, 6) is 1.80. The standard InChI is InChI=1S/C22H30N4O4S/c1-3-4-14-30-20-10-8-18(15-21(20)29-2)16-24-25-22-11-9-19(17-23-22)31(27,28)26-12-6-5-7-13-26/h8-11,15-17H,3-7,12-14H2,1-2H3,(H,23,25)/b24-16+. The third-order valence-corrected chi connectivity index (χ3v) is 6.91. The van der Waals surface area contributed by atoms with Crippen LogP contribution < -0.4 is 14.9 Å². The molecule has 0 atom stereocenters. The minimum Gasteiger partial charge on any atom is -0.493 e. The number of benzene rings is 1. The maximum Gasteiger partial charge on any atom is 0.244 e. The molecule has 1 aliphatic heterocycles. The molecule has 31 heavy (non-hydrogen) atoms. The second-order valence-electron chi connectivity index (χ2n) is 7.33. The smallest absolute Gasteiger partial charge is 0.244 e. The summed E-state index contributed by atoms with van der Waals surface area (Å²) < 4.78 is 38.0. The molecule has 1 aromatic carbocycles. The number of piperidine rings is 1. The van der Waals surface area contributed by atoms with Gasteiger partial charge in [0.2, 0.25) is 10.0 Å². The molecule has 1 N–H and O–H groups in total. The number of hydrogen-bond donors (Lipinski definition) is 1. The Labute approximate surface area is 184 Å². The van der Waals surface area contributed by atoms with Crippen LogP contribution in [0.25, 0.3) is 0 Å². The number of hydrogen-bond acceptors (Lipinski definition) is 7. The quantitative estimate of drug-likeness (QED) is 0.338. The Kier molecular flexibility index (Phi) is 8.25. The van der Waals surface area contributed by atoms with Crippen LogP contribution >= 0.6 is 0 Å². The number of methoxy groups -OCH3 is 1. The van der Waals surface area contributed by atoms with Crippen LogP contribution in [0.4, 0.5) is 5.82 Å². The van der Waals surface area contributed by atoms with Crippen LogP contribution in [0.2, 0.25) is 0 Å². The van der Waals surface area contributed by atoms with E-state index >= 15 is 0 Å². The second kappa shape index (κ2) is 11.1. The van der Waals surface area contributed by atoms with Crippen LogP contribution in [0.3, 0.4) is 0 Å². The minimum absolute atomic E-state index is 0.201. The highest BCUT2D eigenvalue weighted by molar-refractivity contribution is 7.89. The lowest BCUT2D eigenvalue weighted by molar-refractivity contribution is 0.288. The van der Waals surface area contributed by atoms with Crippen molar-refractivity contribution in [2.75, 3.05) is 32.2 Å². The van der Waals surface area contributed by atoms with Crippen molar-refractivity contribution in [3.63, 3.8) is 0 Å². The number of nitrogens with one attached hydrogen (secondary N) is 1. The van der Waals surface area contributed by atoms with Crippen LogP contribution in [0, 0.1) is 0 Å². The van der Waals surface area contributed by atoms with E-state index in [9.17, 15) is 8.42 Å². The maximum atomic E-state index is 12.7. The Morgan fingerprint density at radius 2 is 1.97 bits per heavy atom. The molecular weight excluding hydrogens is 416 g/mol. The van der Waals surface area contributed by atoms with Crippen LogP contribution in [0.5, 0.6) is 11.5 Å². The average molecular weight is 447 g/mol. The summed E-state index contributed by atoms with van der Waals surface area (Å²) >= 11 is 0. The molecule has 3 rings (SSSR count). The molecule has 0 unspecified atom stereocenters. The summed E-state index contributed by atoms with van der Waals surface area (Å²) in [4.78, 5) is 4.39. The summed E-state index contributed by atoms with van der Waals surface area (Å²) in [7, 11) is -1.88. The summed E-state index contributed by atoms with van der Waals surface area (Å²) in [5, 5.41) is 4.18. The van der Waals surface area contributed by atoms with Gasteiger partial charge in [-0.2, -0.15) is 9.41 Å². The van der Waals surface area contributed by atoms with Crippen LogP contribution in [-0.4, -0.2) is 50.7 Å². The largest absolute Gasteiger partial charge is 0.493 e. The van der Waals surface area contributed by atoms with Crippen molar-refractivity contribution >= 4 is 22.1 Å². The fourth-order valence-corrected chi connectivity index (χ4v) is 4.70. The lowest BCUT2D eigenvalue weighted by Crippen LogP contribution is -2.35. The first kappa shape index (κ1) is 23.0. The lowest BCUT2D eigenvalue weighted by atomic mass is 10.2. The van der Waals surface area contributed by atoms with E-state index in [0.717, 1.165) is 37.7 Å². The monoisotopic (exact) mass is 446 g/mol. The fourth-order valence-electron chi connectivity index (χ4n) is 3.24. The molecule has 0 saturated carbocycles. The molecule has 1 aromatic heterocycles. The van der Waals surface area contributed by atoms with Crippen molar-refractivity contribution in [2.24, 2.45) is 5.10 Å². The Morgan fingerprint density at radius 1 is 1.16 bits per heavy atom. The predicted octanol–water partition coefficient (Wildman–Crippen LogP) is 3.89. The van der Waals surface area contributed by atoms with Crippen molar-refractivity contribution in [2.45, 2.75) is 43.9 Å². The molecular formula is C22H30N4O4S. The molecule has 0 radical (unpaired) electrons. The molecule has 0 amide bonds. The summed E-state index contributed by atoms with van der Waals surface area (Å²) in [6, 6.07) is 8.75. The highest BCUT2D eigenvalue weighted by Crippen LogP contribution is 2.28. The molecule has 0 bridgehead atoms. The van der Waals surface area contributed by atoms with Gasteiger partial charge in [-0.25, -0.2) is 13.4 Å². The Balaban J connectivity index is 1.60. The van der Waals surface area contributed by atoms with Crippen molar-refractivity contribution in [1.29, 1.82) is 0 Å². The van der Waals surface area contributed by atoms with Gasteiger partial charge in [-0.05, 0) is 55.2 Å². The normalized spacial score (nSPS) is 15.2. The van der Waals surface area contributed by atoms with Crippen LogP contribution in [0.1, 0.15) is 44.6 Å². The van der Waals surface area contributed by atoms with Gasteiger partial charge in [0.15, 0.2) is 11.5 Å². The van der Waals surface area contributed by atoms with Crippen molar-refractivity contribution in [1.82, 2.24) is 9.29 Å². The van der Waals surface area contributed by atoms with Gasteiger partial charge in [-0.3, -0.25) is 5.43 Å². The molecule has 2 aromatic rings. The van der Waals surface area contributed by atoms with Gasteiger partial charge in [0, 0.05) is 19.3 Å². The third kappa shape index (κ3) is 6.18. The van der Waals surface area contributed by atoms with Gasteiger partial charge >= 0.3 is 0 Å². The SMILES string of the molecule is CCCCOc1ccc(/C=N/Nc2ccc(S(=O)(=O)N3CCCCC3)cn2)cc1OC. The molecule has 9 heteroatoms. The third-order valence-electron chi connectivity index (χ3n) is 5.03. The summed E-state index contributed by atoms with van der Waals surface area (Å²) in [5.41, 5.74) is 3.65. The first-order valence-electron chi connectivity index (χ1n) is 10.6. The number of aromatic nitrogens is 1. The predicted molar refractivity (Wildman–Crippen MR) is 121 cm³/mol. The number of pyridine rings is 1. The Bertz CT molecular complexity index is 972. The van der Waals surface area contributed by atoms with E-state index in [4.69, 9.17) is 9.47 Å². The Morgan fingerprint density at radius 3 is 2.65 bits per heavy atom. The van der Waals surface area contributed by atoms with Crippen LogP contribution in [-0.2, 0) is 10.0 Å². The molecule has 8 nitrogen and oxygen atoms in total. The lowest BCUT2D eigenvalue weighted by Gasteiger charge is -2.25. The minimum atomic E-state index is -3.48. The zero-order valence-corrected chi connectivity index (χ0v) is 18.9. The van der Waals surface area contributed by atoms with E-state index < -0.39 is 10.0 Å². The molecule has 0 spiro atoms. The fraction of sp³-hybridized carbons (Fsp3) is 0.455. The van der Waals surface area contributed by atoms with E-state index in [0.29, 0.717) is 37.0 Å². The second-order valence-corrected chi connectivity index (χ2v) is 9.26. The molecule has 168 valence electrons. The molecule has 0 aliphatic carbocycles. The van der Waals surface area contributed by atoms with E-state index in [1.54, 1.807) is 25.5 Å². The number of hydrazone groups is 1. The number of unbranched alkanes of at least 4 members (excludes halogenated alkanes) is 1.